The average molecular weight is 299 g/mol. The highest BCUT2D eigenvalue weighted by molar-refractivity contribution is 5.85. The quantitative estimate of drug-likeness (QED) is 0.770. The van der Waals surface area contributed by atoms with Crippen LogP contribution in [0, 0.1) is 0 Å². The van der Waals surface area contributed by atoms with Crippen molar-refractivity contribution in [1.29, 1.82) is 0 Å². The number of carbonyl (C=O) groups excluding carboxylic acids is 1. The van der Waals surface area contributed by atoms with Crippen LogP contribution in [0.15, 0.2) is 0 Å². The highest BCUT2D eigenvalue weighted by atomic mass is 16.5. The van der Waals surface area contributed by atoms with Gasteiger partial charge in [0, 0.05) is 46.4 Å². The minimum Gasteiger partial charge on any atom is -0.383 e. The molecule has 2 fully saturated rings. The summed E-state index contributed by atoms with van der Waals surface area (Å²) in [4.78, 5) is 17.3. The van der Waals surface area contributed by atoms with Gasteiger partial charge in [0.15, 0.2) is 0 Å². The van der Waals surface area contributed by atoms with Crippen LogP contribution in [0.5, 0.6) is 0 Å². The second kappa shape index (κ2) is 7.54. The molecule has 21 heavy (non-hydrogen) atoms. The van der Waals surface area contributed by atoms with Crippen LogP contribution in [-0.4, -0.2) is 87.4 Å². The molecule has 2 aliphatic heterocycles. The number of amides is 1. The molecule has 0 saturated carbocycles. The molecule has 2 saturated heterocycles. The Morgan fingerprint density at radius 2 is 2.00 bits per heavy atom. The van der Waals surface area contributed by atoms with Crippen molar-refractivity contribution < 1.29 is 14.3 Å². The Balaban J connectivity index is 1.94. The van der Waals surface area contributed by atoms with Crippen LogP contribution < -0.4 is 5.32 Å². The standard InChI is InChI=1S/C15H29N3O3/c1-13-12-18(9-8-17(13)10-11-20-2)14(19)15(21-3)4-6-16-7-5-15/h13,16H,4-12H2,1-3H3. The van der Waals surface area contributed by atoms with Gasteiger partial charge in [-0.2, -0.15) is 0 Å². The summed E-state index contributed by atoms with van der Waals surface area (Å²) in [6, 6.07) is 0.369. The molecular formula is C15H29N3O3. The number of ether oxygens (including phenoxy) is 2. The zero-order chi connectivity index (χ0) is 15.3. The van der Waals surface area contributed by atoms with Crippen molar-refractivity contribution in [3.8, 4) is 0 Å². The first-order valence-corrected chi connectivity index (χ1v) is 7.91. The molecule has 0 bridgehead atoms. The Morgan fingerprint density at radius 1 is 1.29 bits per heavy atom. The van der Waals surface area contributed by atoms with Crippen molar-refractivity contribution >= 4 is 5.91 Å². The predicted octanol–water partition coefficient (Wildman–Crippen LogP) is -0.0659. The number of methoxy groups -OCH3 is 2. The van der Waals surface area contributed by atoms with Crippen molar-refractivity contribution in [2.45, 2.75) is 31.4 Å². The van der Waals surface area contributed by atoms with E-state index in [1.165, 1.54) is 0 Å². The van der Waals surface area contributed by atoms with Crippen LogP contribution in [0.4, 0.5) is 0 Å². The van der Waals surface area contributed by atoms with Gasteiger partial charge >= 0.3 is 0 Å². The molecule has 0 spiro atoms. The van der Waals surface area contributed by atoms with Gasteiger partial charge in [0.25, 0.3) is 5.91 Å². The van der Waals surface area contributed by atoms with E-state index in [-0.39, 0.29) is 5.91 Å². The smallest absolute Gasteiger partial charge is 0.255 e. The Labute approximate surface area is 127 Å². The van der Waals surface area contributed by atoms with Gasteiger partial charge in [-0.1, -0.05) is 0 Å². The van der Waals surface area contributed by atoms with E-state index in [1.807, 2.05) is 4.90 Å². The maximum absolute atomic E-state index is 12.9. The number of carbonyl (C=O) groups is 1. The second-order valence-corrected chi connectivity index (χ2v) is 6.08. The molecule has 2 rings (SSSR count). The molecule has 1 N–H and O–H groups in total. The molecule has 1 unspecified atom stereocenters. The predicted molar refractivity (Wildman–Crippen MR) is 81.3 cm³/mol. The van der Waals surface area contributed by atoms with E-state index in [1.54, 1.807) is 14.2 Å². The first-order chi connectivity index (χ1) is 10.1. The number of hydrogen-bond acceptors (Lipinski definition) is 5. The van der Waals surface area contributed by atoms with Crippen molar-refractivity contribution in [2.24, 2.45) is 0 Å². The Morgan fingerprint density at radius 3 is 2.57 bits per heavy atom. The fourth-order valence-electron chi connectivity index (χ4n) is 3.34. The summed E-state index contributed by atoms with van der Waals surface area (Å²) in [5.41, 5.74) is -0.611. The molecule has 2 aliphatic rings. The molecule has 0 aromatic rings. The lowest BCUT2D eigenvalue weighted by Gasteiger charge is -2.44. The number of hydrogen-bond donors (Lipinski definition) is 1. The Bertz CT molecular complexity index is 345. The van der Waals surface area contributed by atoms with E-state index in [0.29, 0.717) is 6.04 Å². The van der Waals surface area contributed by atoms with Crippen LogP contribution in [-0.2, 0) is 14.3 Å². The van der Waals surface area contributed by atoms with Crippen LogP contribution in [0.1, 0.15) is 19.8 Å². The number of piperidine rings is 1. The van der Waals surface area contributed by atoms with Crippen molar-refractivity contribution in [1.82, 2.24) is 15.1 Å². The van der Waals surface area contributed by atoms with E-state index >= 15 is 0 Å². The van der Waals surface area contributed by atoms with Gasteiger partial charge in [0.2, 0.25) is 0 Å². The molecule has 0 radical (unpaired) electrons. The van der Waals surface area contributed by atoms with E-state index in [4.69, 9.17) is 9.47 Å². The molecule has 1 atom stereocenters. The third-order valence-electron chi connectivity index (χ3n) is 4.83. The van der Waals surface area contributed by atoms with Gasteiger partial charge in [-0.3, -0.25) is 9.69 Å². The molecule has 0 aliphatic carbocycles. The largest absolute Gasteiger partial charge is 0.383 e. The van der Waals surface area contributed by atoms with E-state index in [0.717, 1.165) is 58.7 Å². The number of rotatable bonds is 5. The summed E-state index contributed by atoms with van der Waals surface area (Å²) < 4.78 is 10.8. The lowest BCUT2D eigenvalue weighted by molar-refractivity contribution is -0.161. The molecule has 1 amide bonds. The minimum absolute atomic E-state index is 0.171. The Kier molecular flexibility index (Phi) is 5.98. The second-order valence-electron chi connectivity index (χ2n) is 6.08. The summed E-state index contributed by atoms with van der Waals surface area (Å²) in [5.74, 6) is 0.171. The topological polar surface area (TPSA) is 54.0 Å². The fourth-order valence-corrected chi connectivity index (χ4v) is 3.34. The van der Waals surface area contributed by atoms with E-state index < -0.39 is 5.60 Å². The maximum Gasteiger partial charge on any atom is 0.255 e. The molecule has 122 valence electrons. The van der Waals surface area contributed by atoms with Crippen LogP contribution >= 0.6 is 0 Å². The van der Waals surface area contributed by atoms with Gasteiger partial charge in [-0.05, 0) is 32.9 Å². The SMILES string of the molecule is COCCN1CCN(C(=O)C2(OC)CCNCC2)CC1C. The monoisotopic (exact) mass is 299 g/mol. The lowest BCUT2D eigenvalue weighted by Crippen LogP contribution is -2.61. The zero-order valence-corrected chi connectivity index (χ0v) is 13.6. The number of nitrogens with one attached hydrogen (secondary N) is 1. The summed E-state index contributed by atoms with van der Waals surface area (Å²) in [5, 5.41) is 3.30. The van der Waals surface area contributed by atoms with Crippen LogP contribution in [0.25, 0.3) is 0 Å². The van der Waals surface area contributed by atoms with Crippen LogP contribution in [0.3, 0.4) is 0 Å². The summed E-state index contributed by atoms with van der Waals surface area (Å²) in [6.07, 6.45) is 1.53. The average Bonchev–Trinajstić information content (AvgIpc) is 2.53. The van der Waals surface area contributed by atoms with E-state index in [9.17, 15) is 4.79 Å². The molecule has 0 aromatic carbocycles. The maximum atomic E-state index is 12.9. The molecule has 6 heteroatoms. The van der Waals surface area contributed by atoms with Gasteiger partial charge in [-0.25, -0.2) is 0 Å². The summed E-state index contributed by atoms with van der Waals surface area (Å²) >= 11 is 0. The van der Waals surface area contributed by atoms with E-state index in [2.05, 4.69) is 17.1 Å². The molecule has 2 heterocycles. The van der Waals surface area contributed by atoms with Gasteiger partial charge in [-0.15, -0.1) is 0 Å². The highest BCUT2D eigenvalue weighted by Crippen LogP contribution is 2.26. The number of nitrogens with zero attached hydrogens (tertiary/aromatic N) is 2. The first kappa shape index (κ1) is 16.7. The van der Waals surface area contributed by atoms with Crippen molar-refractivity contribution in [2.75, 3.05) is 60.1 Å². The summed E-state index contributed by atoms with van der Waals surface area (Å²) in [6.45, 7) is 8.02. The Hall–Kier alpha value is -0.690. The highest BCUT2D eigenvalue weighted by Gasteiger charge is 2.43. The van der Waals surface area contributed by atoms with Crippen molar-refractivity contribution in [3.63, 3.8) is 0 Å². The molecule has 0 aromatic heterocycles. The molecule has 6 nitrogen and oxygen atoms in total. The van der Waals surface area contributed by atoms with Gasteiger partial charge in [0.1, 0.15) is 5.60 Å². The summed E-state index contributed by atoms with van der Waals surface area (Å²) in [7, 11) is 3.39. The third-order valence-corrected chi connectivity index (χ3v) is 4.83. The molecular weight excluding hydrogens is 270 g/mol. The first-order valence-electron chi connectivity index (χ1n) is 7.91. The number of piperazine rings is 1. The third kappa shape index (κ3) is 3.74. The fraction of sp³-hybridized carbons (Fsp3) is 0.933. The van der Waals surface area contributed by atoms with Gasteiger partial charge < -0.3 is 19.7 Å². The normalized spacial score (nSPS) is 26.8. The van der Waals surface area contributed by atoms with Crippen LogP contribution in [0.2, 0.25) is 0 Å². The zero-order valence-electron chi connectivity index (χ0n) is 13.6. The van der Waals surface area contributed by atoms with Gasteiger partial charge in [0.05, 0.1) is 6.61 Å². The lowest BCUT2D eigenvalue weighted by atomic mass is 9.90. The van der Waals surface area contributed by atoms with Crippen molar-refractivity contribution in [3.05, 3.63) is 0 Å². The minimum atomic E-state index is -0.611.